The lowest BCUT2D eigenvalue weighted by atomic mass is 10.2. The van der Waals surface area contributed by atoms with Crippen molar-refractivity contribution in [2.24, 2.45) is 0 Å². The second-order valence-electron chi connectivity index (χ2n) is 3.60. The molecule has 0 amide bonds. The Labute approximate surface area is 103 Å². The van der Waals surface area contributed by atoms with Crippen molar-refractivity contribution in [1.82, 2.24) is 10.2 Å². The van der Waals surface area contributed by atoms with Gasteiger partial charge in [-0.15, -0.1) is 16.4 Å². The van der Waals surface area contributed by atoms with E-state index in [1.54, 1.807) is 23.6 Å². The van der Waals surface area contributed by atoms with Gasteiger partial charge in [0, 0.05) is 23.4 Å². The van der Waals surface area contributed by atoms with Crippen molar-refractivity contribution in [2.45, 2.75) is 19.4 Å². The summed E-state index contributed by atoms with van der Waals surface area (Å²) >= 11 is 7.53. The molecule has 0 saturated heterocycles. The first kappa shape index (κ1) is 11.4. The molecule has 0 aromatic carbocycles. The molecule has 2 heterocycles. The molecule has 3 nitrogen and oxygen atoms in total. The zero-order valence-corrected chi connectivity index (χ0v) is 10.4. The van der Waals surface area contributed by atoms with Crippen LogP contribution in [0.2, 0.25) is 5.15 Å². The topological polar surface area (TPSA) is 37.8 Å². The number of rotatable bonds is 4. The molecule has 0 saturated carbocycles. The quantitative estimate of drug-likeness (QED) is 0.909. The third-order valence-corrected chi connectivity index (χ3v) is 3.21. The summed E-state index contributed by atoms with van der Waals surface area (Å²) in [5.41, 5.74) is 0.907. The molecule has 0 aliphatic rings. The van der Waals surface area contributed by atoms with E-state index < -0.39 is 0 Å². The summed E-state index contributed by atoms with van der Waals surface area (Å²) in [5.74, 6) is 0. The van der Waals surface area contributed by atoms with E-state index in [1.165, 1.54) is 4.88 Å². The van der Waals surface area contributed by atoms with Gasteiger partial charge in [-0.1, -0.05) is 17.7 Å². The van der Waals surface area contributed by atoms with E-state index in [9.17, 15) is 0 Å². The van der Waals surface area contributed by atoms with Crippen LogP contribution in [0.1, 0.15) is 11.8 Å². The molecule has 5 heteroatoms. The minimum atomic E-state index is 0.346. The van der Waals surface area contributed by atoms with Crippen LogP contribution < -0.4 is 5.32 Å². The molecule has 0 aliphatic heterocycles. The van der Waals surface area contributed by atoms with Crippen LogP contribution >= 0.6 is 22.9 Å². The fourth-order valence-corrected chi connectivity index (χ4v) is 2.48. The monoisotopic (exact) mass is 253 g/mol. The Balaban J connectivity index is 1.94. The fraction of sp³-hybridized carbons (Fsp3) is 0.273. The summed E-state index contributed by atoms with van der Waals surface area (Å²) < 4.78 is 0. The molecule has 0 fully saturated rings. The lowest BCUT2D eigenvalue weighted by Gasteiger charge is -2.13. The molecule has 2 aromatic rings. The van der Waals surface area contributed by atoms with Crippen LogP contribution in [0.25, 0.3) is 0 Å². The summed E-state index contributed by atoms with van der Waals surface area (Å²) in [4.78, 5) is 1.37. The first-order valence-electron chi connectivity index (χ1n) is 5.01. The van der Waals surface area contributed by atoms with Crippen molar-refractivity contribution >= 4 is 28.6 Å². The number of anilines is 1. The molecule has 2 aromatic heterocycles. The van der Waals surface area contributed by atoms with Crippen LogP contribution in [-0.2, 0) is 6.42 Å². The molecule has 1 unspecified atom stereocenters. The summed E-state index contributed by atoms with van der Waals surface area (Å²) in [6.07, 6.45) is 2.68. The van der Waals surface area contributed by atoms with E-state index in [0.717, 1.165) is 12.1 Å². The van der Waals surface area contributed by atoms with E-state index in [0.29, 0.717) is 11.2 Å². The molecule has 0 aliphatic carbocycles. The Hall–Kier alpha value is -1.13. The van der Waals surface area contributed by atoms with E-state index in [1.807, 2.05) is 0 Å². The lowest BCUT2D eigenvalue weighted by Crippen LogP contribution is -2.17. The molecule has 0 bridgehead atoms. The van der Waals surface area contributed by atoms with E-state index in [2.05, 4.69) is 40.0 Å². The average molecular weight is 254 g/mol. The minimum Gasteiger partial charge on any atom is -0.381 e. The summed E-state index contributed by atoms with van der Waals surface area (Å²) in [5, 5.41) is 13.3. The van der Waals surface area contributed by atoms with E-state index >= 15 is 0 Å². The largest absolute Gasteiger partial charge is 0.381 e. The van der Waals surface area contributed by atoms with Crippen LogP contribution in [0.3, 0.4) is 0 Å². The standard InChI is InChI=1S/C11H12ClN3S/c1-8(5-10-3-2-4-16-10)14-9-6-11(12)15-13-7-9/h2-4,6-8H,5H2,1H3,(H,14,15). The Bertz CT molecular complexity index is 444. The molecule has 0 spiro atoms. The highest BCUT2D eigenvalue weighted by molar-refractivity contribution is 7.09. The maximum absolute atomic E-state index is 5.76. The van der Waals surface area contributed by atoms with Gasteiger partial charge in [-0.3, -0.25) is 0 Å². The van der Waals surface area contributed by atoms with Crippen molar-refractivity contribution < 1.29 is 0 Å². The van der Waals surface area contributed by atoms with Crippen molar-refractivity contribution in [3.63, 3.8) is 0 Å². The number of thiophene rings is 1. The zero-order valence-electron chi connectivity index (χ0n) is 8.85. The smallest absolute Gasteiger partial charge is 0.153 e. The van der Waals surface area contributed by atoms with Gasteiger partial charge in [-0.2, -0.15) is 5.10 Å². The highest BCUT2D eigenvalue weighted by Gasteiger charge is 2.05. The molecule has 84 valence electrons. The first-order valence-corrected chi connectivity index (χ1v) is 6.27. The number of nitrogens with zero attached hydrogens (tertiary/aromatic N) is 2. The highest BCUT2D eigenvalue weighted by Crippen LogP contribution is 2.15. The van der Waals surface area contributed by atoms with Gasteiger partial charge in [-0.25, -0.2) is 0 Å². The maximum atomic E-state index is 5.76. The van der Waals surface area contributed by atoms with E-state index in [-0.39, 0.29) is 0 Å². The fourth-order valence-electron chi connectivity index (χ4n) is 1.49. The van der Waals surface area contributed by atoms with Gasteiger partial charge in [-0.05, 0) is 18.4 Å². The van der Waals surface area contributed by atoms with E-state index in [4.69, 9.17) is 11.6 Å². The number of halogens is 1. The van der Waals surface area contributed by atoms with Crippen LogP contribution in [-0.4, -0.2) is 16.2 Å². The Morgan fingerprint density at radius 2 is 2.44 bits per heavy atom. The van der Waals surface area contributed by atoms with Crippen molar-refractivity contribution in [3.05, 3.63) is 39.8 Å². The van der Waals surface area contributed by atoms with Crippen LogP contribution in [0.5, 0.6) is 0 Å². The number of nitrogens with one attached hydrogen (secondary N) is 1. The minimum absolute atomic E-state index is 0.346. The number of hydrogen-bond donors (Lipinski definition) is 1. The summed E-state index contributed by atoms with van der Waals surface area (Å²) in [6, 6.07) is 6.33. The molecule has 16 heavy (non-hydrogen) atoms. The maximum Gasteiger partial charge on any atom is 0.153 e. The zero-order chi connectivity index (χ0) is 11.4. The Morgan fingerprint density at radius 1 is 1.56 bits per heavy atom. The van der Waals surface area contributed by atoms with Crippen LogP contribution in [0, 0.1) is 0 Å². The van der Waals surface area contributed by atoms with Crippen LogP contribution in [0.4, 0.5) is 5.69 Å². The molecule has 0 radical (unpaired) electrons. The van der Waals surface area contributed by atoms with Gasteiger partial charge in [0.1, 0.15) is 0 Å². The first-order chi connectivity index (χ1) is 7.74. The Kier molecular flexibility index (Phi) is 3.74. The second-order valence-corrected chi connectivity index (χ2v) is 5.02. The lowest BCUT2D eigenvalue weighted by molar-refractivity contribution is 0.798. The molecule has 1 N–H and O–H groups in total. The van der Waals surface area contributed by atoms with Crippen molar-refractivity contribution in [1.29, 1.82) is 0 Å². The molecular formula is C11H12ClN3S. The van der Waals surface area contributed by atoms with Crippen molar-refractivity contribution in [2.75, 3.05) is 5.32 Å². The molecule has 1 atom stereocenters. The van der Waals surface area contributed by atoms with Crippen LogP contribution in [0.15, 0.2) is 29.8 Å². The average Bonchev–Trinajstić information content (AvgIpc) is 2.70. The van der Waals surface area contributed by atoms with Gasteiger partial charge in [0.25, 0.3) is 0 Å². The second kappa shape index (κ2) is 5.27. The Morgan fingerprint density at radius 3 is 3.12 bits per heavy atom. The van der Waals surface area contributed by atoms with Gasteiger partial charge in [0.15, 0.2) is 5.15 Å². The predicted octanol–water partition coefficient (Wildman–Crippen LogP) is 3.23. The van der Waals surface area contributed by atoms with Crippen molar-refractivity contribution in [3.8, 4) is 0 Å². The van der Waals surface area contributed by atoms with Gasteiger partial charge >= 0.3 is 0 Å². The third-order valence-electron chi connectivity index (χ3n) is 2.13. The predicted molar refractivity (Wildman–Crippen MR) is 68.1 cm³/mol. The third kappa shape index (κ3) is 3.18. The number of aromatic nitrogens is 2. The van der Waals surface area contributed by atoms with Gasteiger partial charge < -0.3 is 5.32 Å². The molecule has 2 rings (SSSR count). The summed E-state index contributed by atoms with van der Waals surface area (Å²) in [6.45, 7) is 2.13. The SMILES string of the molecule is CC(Cc1cccs1)Nc1cnnc(Cl)c1. The molecular weight excluding hydrogens is 242 g/mol. The summed E-state index contributed by atoms with van der Waals surface area (Å²) in [7, 11) is 0. The number of hydrogen-bond acceptors (Lipinski definition) is 4. The normalized spacial score (nSPS) is 12.4. The van der Waals surface area contributed by atoms with Gasteiger partial charge in [0.2, 0.25) is 0 Å². The van der Waals surface area contributed by atoms with Gasteiger partial charge in [0.05, 0.1) is 11.9 Å². The highest BCUT2D eigenvalue weighted by atomic mass is 35.5.